The molecule has 0 radical (unpaired) electrons. The highest BCUT2D eigenvalue weighted by molar-refractivity contribution is 6.19. The fourth-order valence-electron chi connectivity index (χ4n) is 3.70. The lowest BCUT2D eigenvalue weighted by atomic mass is 9.96. The topological polar surface area (TPSA) is 73.3 Å². The van der Waals surface area contributed by atoms with Gasteiger partial charge in [0.1, 0.15) is 35.1 Å². The minimum atomic E-state index is -0.224. The van der Waals surface area contributed by atoms with E-state index < -0.39 is 0 Å². The van der Waals surface area contributed by atoms with Gasteiger partial charge in [-0.05, 0) is 51.1 Å². The highest BCUT2D eigenvalue weighted by Crippen LogP contribution is 2.36. The Morgan fingerprint density at radius 3 is 2.45 bits per heavy atom. The number of carbonyl (C=O) groups is 1. The van der Waals surface area contributed by atoms with Gasteiger partial charge in [0.05, 0.1) is 44.0 Å². The second-order valence-corrected chi connectivity index (χ2v) is 7.00. The third kappa shape index (κ3) is 3.80. The molecule has 1 aromatic heterocycles. The van der Waals surface area contributed by atoms with Crippen LogP contribution in [-0.4, -0.2) is 38.2 Å². The van der Waals surface area contributed by atoms with Crippen molar-refractivity contribution in [3.05, 3.63) is 52.8 Å². The number of phenolic OH excluding ortho intramolecular Hbond substituents is 1. The van der Waals surface area contributed by atoms with Crippen LogP contribution in [0.2, 0.25) is 0 Å². The lowest BCUT2D eigenvalue weighted by Crippen LogP contribution is -3.10. The van der Waals surface area contributed by atoms with Gasteiger partial charge in [-0.2, -0.15) is 0 Å². The first-order chi connectivity index (χ1) is 13.9. The lowest BCUT2D eigenvalue weighted by Gasteiger charge is -2.17. The normalized spacial score (nSPS) is 11.2. The molecule has 29 heavy (non-hydrogen) atoms. The molecule has 2 N–H and O–H groups in total. The van der Waals surface area contributed by atoms with Crippen LogP contribution in [0.5, 0.6) is 17.2 Å². The SMILES string of the molecule is CC[NH+](CC)Cc1c(O)ccc2oc(C)c(C(=O)c3cc(OC)ccc3OC)c12. The molecule has 2 aromatic carbocycles. The molecule has 0 spiro atoms. The van der Waals surface area contributed by atoms with Crippen molar-refractivity contribution in [2.75, 3.05) is 27.3 Å². The molecule has 3 rings (SSSR count). The molecule has 1 heterocycles. The van der Waals surface area contributed by atoms with E-state index in [4.69, 9.17) is 13.9 Å². The number of ether oxygens (including phenoxy) is 2. The maximum absolute atomic E-state index is 13.6. The molecule has 0 unspecified atom stereocenters. The maximum atomic E-state index is 13.6. The Balaban J connectivity index is 2.23. The van der Waals surface area contributed by atoms with E-state index in [9.17, 15) is 9.90 Å². The van der Waals surface area contributed by atoms with Crippen LogP contribution in [0.1, 0.15) is 41.1 Å². The summed E-state index contributed by atoms with van der Waals surface area (Å²) in [6, 6.07) is 8.46. The van der Waals surface area contributed by atoms with E-state index in [1.54, 1.807) is 44.4 Å². The number of fused-ring (bicyclic) bond motifs is 1. The summed E-state index contributed by atoms with van der Waals surface area (Å²) in [6.07, 6.45) is 0. The lowest BCUT2D eigenvalue weighted by molar-refractivity contribution is -0.910. The Hall–Kier alpha value is -2.99. The molecule has 3 aromatic rings. The number of aryl methyl sites for hydroxylation is 1. The number of benzene rings is 2. The van der Waals surface area contributed by atoms with Crippen LogP contribution in [0.3, 0.4) is 0 Å². The van der Waals surface area contributed by atoms with Gasteiger partial charge in [0.25, 0.3) is 0 Å². The van der Waals surface area contributed by atoms with Crippen molar-refractivity contribution in [3.8, 4) is 17.2 Å². The number of hydrogen-bond donors (Lipinski definition) is 2. The first kappa shape index (κ1) is 20.7. The summed E-state index contributed by atoms with van der Waals surface area (Å²) >= 11 is 0. The first-order valence-corrected chi connectivity index (χ1v) is 9.79. The largest absolute Gasteiger partial charge is 0.507 e. The predicted molar refractivity (Wildman–Crippen MR) is 111 cm³/mol. The molecule has 0 aliphatic heterocycles. The van der Waals surface area contributed by atoms with Gasteiger partial charge in [-0.25, -0.2) is 0 Å². The number of rotatable bonds is 8. The van der Waals surface area contributed by atoms with Crippen molar-refractivity contribution < 1.29 is 28.7 Å². The van der Waals surface area contributed by atoms with Crippen LogP contribution in [0, 0.1) is 6.92 Å². The zero-order chi connectivity index (χ0) is 21.1. The van der Waals surface area contributed by atoms with Crippen molar-refractivity contribution in [1.82, 2.24) is 0 Å². The number of furan rings is 1. The molecule has 6 nitrogen and oxygen atoms in total. The summed E-state index contributed by atoms with van der Waals surface area (Å²) in [5.74, 6) is 1.48. The molecule has 0 saturated carbocycles. The number of hydrogen-bond acceptors (Lipinski definition) is 5. The molecule has 0 amide bonds. The van der Waals surface area contributed by atoms with Gasteiger partial charge in [-0.1, -0.05) is 0 Å². The molecule has 0 atom stereocenters. The van der Waals surface area contributed by atoms with Crippen LogP contribution in [0.25, 0.3) is 11.0 Å². The highest BCUT2D eigenvalue weighted by atomic mass is 16.5. The molecular formula is C23H28NO5+. The van der Waals surface area contributed by atoms with Gasteiger partial charge in [-0.15, -0.1) is 0 Å². The Morgan fingerprint density at radius 2 is 1.83 bits per heavy atom. The molecular weight excluding hydrogens is 370 g/mol. The van der Waals surface area contributed by atoms with Crippen molar-refractivity contribution in [3.63, 3.8) is 0 Å². The van der Waals surface area contributed by atoms with Gasteiger partial charge in [0.15, 0.2) is 0 Å². The number of quaternary nitrogens is 1. The summed E-state index contributed by atoms with van der Waals surface area (Å²) in [5.41, 5.74) is 2.15. The van der Waals surface area contributed by atoms with Gasteiger partial charge < -0.3 is 23.9 Å². The quantitative estimate of drug-likeness (QED) is 0.571. The predicted octanol–water partition coefficient (Wildman–Crippen LogP) is 3.12. The standard InChI is InChI=1S/C23H27NO5/c1-6-24(7-2)13-17-18(25)9-11-20-22(17)21(14(3)29-20)23(26)16-12-15(27-4)8-10-19(16)28-5/h8-12,25H,6-7,13H2,1-5H3/p+1. The van der Waals surface area contributed by atoms with Gasteiger partial charge >= 0.3 is 0 Å². The molecule has 0 aliphatic rings. The fourth-order valence-corrected chi connectivity index (χ4v) is 3.70. The van der Waals surface area contributed by atoms with Gasteiger partial charge in [-0.3, -0.25) is 4.79 Å². The maximum Gasteiger partial charge on any atom is 0.201 e. The molecule has 0 bridgehead atoms. The summed E-state index contributed by atoms with van der Waals surface area (Å²) in [7, 11) is 3.08. The molecule has 154 valence electrons. The van der Waals surface area contributed by atoms with Crippen molar-refractivity contribution in [2.45, 2.75) is 27.3 Å². The number of methoxy groups -OCH3 is 2. The second-order valence-electron chi connectivity index (χ2n) is 7.00. The van der Waals surface area contributed by atoms with E-state index in [2.05, 4.69) is 13.8 Å². The van der Waals surface area contributed by atoms with Crippen LogP contribution in [0.4, 0.5) is 0 Å². The Kier molecular flexibility index (Phi) is 6.13. The minimum Gasteiger partial charge on any atom is -0.507 e. The third-order valence-corrected chi connectivity index (χ3v) is 5.42. The van der Waals surface area contributed by atoms with Crippen molar-refractivity contribution >= 4 is 16.8 Å². The first-order valence-electron chi connectivity index (χ1n) is 9.79. The molecule has 6 heteroatoms. The number of phenols is 1. The Labute approximate surface area is 170 Å². The zero-order valence-corrected chi connectivity index (χ0v) is 17.6. The second kappa shape index (κ2) is 8.57. The highest BCUT2D eigenvalue weighted by Gasteiger charge is 2.27. The third-order valence-electron chi connectivity index (χ3n) is 5.42. The van der Waals surface area contributed by atoms with E-state index in [1.165, 1.54) is 12.0 Å². The molecule has 0 fully saturated rings. The number of ketones is 1. The Bertz CT molecular complexity index is 1030. The van der Waals surface area contributed by atoms with Crippen molar-refractivity contribution in [2.24, 2.45) is 0 Å². The van der Waals surface area contributed by atoms with E-state index in [1.807, 2.05) is 0 Å². The summed E-state index contributed by atoms with van der Waals surface area (Å²) < 4.78 is 16.6. The van der Waals surface area contributed by atoms with Crippen LogP contribution in [-0.2, 0) is 6.54 Å². The summed E-state index contributed by atoms with van der Waals surface area (Å²) in [5, 5.41) is 11.3. The average Bonchev–Trinajstić information content (AvgIpc) is 3.08. The van der Waals surface area contributed by atoms with Crippen molar-refractivity contribution in [1.29, 1.82) is 0 Å². The monoisotopic (exact) mass is 398 g/mol. The fraction of sp³-hybridized carbons (Fsp3) is 0.348. The summed E-state index contributed by atoms with van der Waals surface area (Å²) in [6.45, 7) is 8.40. The number of nitrogens with one attached hydrogen (secondary N) is 1. The molecule has 0 aliphatic carbocycles. The van der Waals surface area contributed by atoms with E-state index in [-0.39, 0.29) is 11.5 Å². The van der Waals surface area contributed by atoms with Crippen LogP contribution < -0.4 is 14.4 Å². The number of carbonyl (C=O) groups excluding carboxylic acids is 1. The van der Waals surface area contributed by atoms with E-state index in [0.717, 1.165) is 18.7 Å². The van der Waals surface area contributed by atoms with Gasteiger partial charge in [0.2, 0.25) is 5.78 Å². The zero-order valence-electron chi connectivity index (χ0n) is 17.6. The average molecular weight is 398 g/mol. The van der Waals surface area contributed by atoms with E-state index in [0.29, 0.717) is 45.9 Å². The van der Waals surface area contributed by atoms with E-state index >= 15 is 0 Å². The van der Waals surface area contributed by atoms with Crippen LogP contribution >= 0.6 is 0 Å². The van der Waals surface area contributed by atoms with Crippen LogP contribution in [0.15, 0.2) is 34.7 Å². The Morgan fingerprint density at radius 1 is 1.10 bits per heavy atom. The summed E-state index contributed by atoms with van der Waals surface area (Å²) in [4.78, 5) is 14.9. The minimum absolute atomic E-state index is 0.171. The number of aromatic hydroxyl groups is 1. The van der Waals surface area contributed by atoms with Gasteiger partial charge in [0, 0.05) is 5.39 Å². The molecule has 0 saturated heterocycles. The smallest absolute Gasteiger partial charge is 0.201 e.